The number of hydrogen-bond acceptors (Lipinski definition) is 3. The van der Waals surface area contributed by atoms with Crippen molar-refractivity contribution < 1.29 is 18.0 Å². The molecule has 2 aromatic carbocycles. The van der Waals surface area contributed by atoms with Gasteiger partial charge in [-0.15, -0.1) is 0 Å². The summed E-state index contributed by atoms with van der Waals surface area (Å²) < 4.78 is 39.0. The van der Waals surface area contributed by atoms with Crippen molar-refractivity contribution in [1.82, 2.24) is 4.98 Å². The molecule has 29 heavy (non-hydrogen) atoms. The van der Waals surface area contributed by atoms with Crippen molar-refractivity contribution in [3.63, 3.8) is 0 Å². The maximum atomic E-state index is 13.0. The van der Waals surface area contributed by atoms with Crippen molar-refractivity contribution in [2.75, 3.05) is 10.6 Å². The van der Waals surface area contributed by atoms with Gasteiger partial charge in [-0.2, -0.15) is 13.2 Å². The number of para-hydroxylation sites is 1. The second-order valence-corrected chi connectivity index (χ2v) is 6.51. The minimum atomic E-state index is -4.63. The summed E-state index contributed by atoms with van der Waals surface area (Å²) in [6, 6.07) is 12.8. The van der Waals surface area contributed by atoms with Crippen LogP contribution in [0.1, 0.15) is 21.5 Å². The smallest absolute Gasteiger partial charge is 0.380 e. The van der Waals surface area contributed by atoms with Crippen LogP contribution in [0.15, 0.2) is 65.6 Å². The van der Waals surface area contributed by atoms with E-state index in [0.29, 0.717) is 12.2 Å². The van der Waals surface area contributed by atoms with E-state index < -0.39 is 22.7 Å². The number of H-pyrrole nitrogens is 1. The fourth-order valence-electron chi connectivity index (χ4n) is 2.60. The molecule has 0 saturated carbocycles. The number of aromatic nitrogens is 1. The number of carbonyl (C=O) groups excluding carboxylic acids is 1. The Bertz CT molecular complexity index is 1080. The molecule has 0 fully saturated rings. The molecule has 0 saturated heterocycles. The van der Waals surface area contributed by atoms with E-state index in [0.717, 1.165) is 17.7 Å². The normalized spacial score (nSPS) is 11.2. The van der Waals surface area contributed by atoms with E-state index in [-0.39, 0.29) is 16.8 Å². The molecule has 3 N–H and O–H groups in total. The highest BCUT2D eigenvalue weighted by atomic mass is 35.5. The van der Waals surface area contributed by atoms with Gasteiger partial charge in [0, 0.05) is 30.2 Å². The third kappa shape index (κ3) is 5.17. The molecule has 1 heterocycles. The predicted molar refractivity (Wildman–Crippen MR) is 105 cm³/mol. The van der Waals surface area contributed by atoms with Crippen molar-refractivity contribution >= 4 is 28.9 Å². The summed E-state index contributed by atoms with van der Waals surface area (Å²) in [5, 5.41) is 5.09. The van der Waals surface area contributed by atoms with E-state index in [1.807, 2.05) is 0 Å². The third-order valence-corrected chi connectivity index (χ3v) is 4.36. The lowest BCUT2D eigenvalue weighted by molar-refractivity contribution is -0.137. The van der Waals surface area contributed by atoms with Crippen molar-refractivity contribution in [2.24, 2.45) is 0 Å². The molecular formula is C20H15ClF3N3O2. The standard InChI is InChI=1S/C20H15ClF3N3O2/c21-16-7-6-13(9-15(16)20(22,23)24)27-19(29)14-3-1-2-4-17(14)25-10-12-5-8-18(28)26-11-12/h1-9,11,25H,10H2,(H,26,28)(H,27,29). The summed E-state index contributed by atoms with van der Waals surface area (Å²) in [7, 11) is 0. The average Bonchev–Trinajstić information content (AvgIpc) is 2.68. The maximum absolute atomic E-state index is 13.0. The number of rotatable bonds is 5. The Morgan fingerprint density at radius 3 is 2.52 bits per heavy atom. The number of amides is 1. The largest absolute Gasteiger partial charge is 0.417 e. The Hall–Kier alpha value is -3.26. The van der Waals surface area contributed by atoms with Gasteiger partial charge in [-0.1, -0.05) is 29.8 Å². The first-order valence-electron chi connectivity index (χ1n) is 8.42. The van der Waals surface area contributed by atoms with Crippen LogP contribution < -0.4 is 16.2 Å². The van der Waals surface area contributed by atoms with Crippen LogP contribution in [0.25, 0.3) is 0 Å². The van der Waals surface area contributed by atoms with Crippen LogP contribution in [0.4, 0.5) is 24.5 Å². The number of alkyl halides is 3. The van der Waals surface area contributed by atoms with Gasteiger partial charge in [-0.25, -0.2) is 0 Å². The van der Waals surface area contributed by atoms with Crippen molar-refractivity contribution in [1.29, 1.82) is 0 Å². The van der Waals surface area contributed by atoms with Gasteiger partial charge in [0.2, 0.25) is 5.56 Å². The van der Waals surface area contributed by atoms with Gasteiger partial charge in [0.1, 0.15) is 0 Å². The summed E-state index contributed by atoms with van der Waals surface area (Å²) in [6.07, 6.45) is -3.08. The lowest BCUT2D eigenvalue weighted by Crippen LogP contribution is -2.16. The first kappa shape index (κ1) is 20.5. The topological polar surface area (TPSA) is 74.0 Å². The summed E-state index contributed by atoms with van der Waals surface area (Å²) in [5.74, 6) is -0.579. The summed E-state index contributed by atoms with van der Waals surface area (Å²) in [6.45, 7) is 0.334. The SMILES string of the molecule is O=C(Nc1ccc(Cl)c(C(F)(F)F)c1)c1ccccc1NCc1ccc(=O)[nH]c1. The van der Waals surface area contributed by atoms with Gasteiger partial charge in [-0.3, -0.25) is 9.59 Å². The van der Waals surface area contributed by atoms with Crippen LogP contribution in [0, 0.1) is 0 Å². The number of halogens is 4. The molecule has 5 nitrogen and oxygen atoms in total. The predicted octanol–water partition coefficient (Wildman–Crippen LogP) is 4.91. The minimum absolute atomic E-state index is 0.0258. The third-order valence-electron chi connectivity index (χ3n) is 4.03. The molecule has 9 heteroatoms. The molecule has 0 radical (unpaired) electrons. The van der Waals surface area contributed by atoms with Crippen LogP contribution in [0.2, 0.25) is 5.02 Å². The summed E-state index contributed by atoms with van der Waals surface area (Å²) in [5.41, 5.74) is 0.243. The van der Waals surface area contributed by atoms with E-state index in [9.17, 15) is 22.8 Å². The Kier molecular flexibility index (Phi) is 5.93. The molecule has 0 atom stereocenters. The quantitative estimate of drug-likeness (QED) is 0.548. The number of aromatic amines is 1. The monoisotopic (exact) mass is 421 g/mol. The fraction of sp³-hybridized carbons (Fsp3) is 0.100. The minimum Gasteiger partial charge on any atom is -0.380 e. The first-order valence-corrected chi connectivity index (χ1v) is 8.80. The molecule has 0 aliphatic carbocycles. The van der Waals surface area contributed by atoms with Gasteiger partial charge in [0.15, 0.2) is 0 Å². The number of carbonyl (C=O) groups is 1. The van der Waals surface area contributed by atoms with E-state index in [4.69, 9.17) is 11.6 Å². The molecule has 0 aliphatic heterocycles. The number of nitrogens with one attached hydrogen (secondary N) is 3. The number of anilines is 2. The fourth-order valence-corrected chi connectivity index (χ4v) is 2.83. The van der Waals surface area contributed by atoms with Gasteiger partial charge in [-0.05, 0) is 35.9 Å². The molecule has 0 aliphatic rings. The van der Waals surface area contributed by atoms with Gasteiger partial charge < -0.3 is 15.6 Å². The molecule has 1 amide bonds. The van der Waals surface area contributed by atoms with Crippen molar-refractivity contribution in [3.8, 4) is 0 Å². The molecule has 1 aromatic heterocycles. The van der Waals surface area contributed by atoms with Crippen molar-refractivity contribution in [3.05, 3.63) is 92.9 Å². The highest BCUT2D eigenvalue weighted by Gasteiger charge is 2.33. The van der Waals surface area contributed by atoms with E-state index >= 15 is 0 Å². The van der Waals surface area contributed by atoms with E-state index in [2.05, 4.69) is 15.6 Å². The number of hydrogen-bond donors (Lipinski definition) is 3. The second kappa shape index (κ2) is 8.40. The van der Waals surface area contributed by atoms with Crippen LogP contribution in [-0.4, -0.2) is 10.9 Å². The zero-order valence-electron chi connectivity index (χ0n) is 14.8. The molecule has 3 aromatic rings. The van der Waals surface area contributed by atoms with Crippen LogP contribution >= 0.6 is 11.6 Å². The van der Waals surface area contributed by atoms with Gasteiger partial charge in [0.25, 0.3) is 5.91 Å². The molecule has 0 unspecified atom stereocenters. The highest BCUT2D eigenvalue weighted by molar-refractivity contribution is 6.31. The Balaban J connectivity index is 1.78. The Morgan fingerprint density at radius 2 is 1.83 bits per heavy atom. The highest BCUT2D eigenvalue weighted by Crippen LogP contribution is 2.36. The van der Waals surface area contributed by atoms with Crippen LogP contribution in [0.5, 0.6) is 0 Å². The van der Waals surface area contributed by atoms with Crippen molar-refractivity contribution in [2.45, 2.75) is 12.7 Å². The number of pyridine rings is 1. The van der Waals surface area contributed by atoms with Gasteiger partial charge in [0.05, 0.1) is 16.1 Å². The lowest BCUT2D eigenvalue weighted by atomic mass is 10.1. The lowest BCUT2D eigenvalue weighted by Gasteiger charge is -2.14. The Morgan fingerprint density at radius 1 is 1.07 bits per heavy atom. The zero-order chi connectivity index (χ0) is 21.0. The zero-order valence-corrected chi connectivity index (χ0v) is 15.6. The summed E-state index contributed by atoms with van der Waals surface area (Å²) >= 11 is 5.60. The molecule has 150 valence electrons. The first-order chi connectivity index (χ1) is 13.7. The van der Waals surface area contributed by atoms with Crippen LogP contribution in [-0.2, 0) is 12.7 Å². The van der Waals surface area contributed by atoms with E-state index in [1.54, 1.807) is 36.5 Å². The summed E-state index contributed by atoms with van der Waals surface area (Å²) in [4.78, 5) is 26.3. The molecule has 0 spiro atoms. The number of benzene rings is 2. The molecule has 3 rings (SSSR count). The van der Waals surface area contributed by atoms with Crippen LogP contribution in [0.3, 0.4) is 0 Å². The van der Waals surface area contributed by atoms with Gasteiger partial charge >= 0.3 is 6.18 Å². The second-order valence-electron chi connectivity index (χ2n) is 6.11. The molecule has 0 bridgehead atoms. The maximum Gasteiger partial charge on any atom is 0.417 e. The molecular weight excluding hydrogens is 407 g/mol. The van der Waals surface area contributed by atoms with E-state index in [1.165, 1.54) is 12.1 Å². The Labute approximate surface area is 168 Å². The average molecular weight is 422 g/mol.